The molecule has 0 saturated carbocycles. The third-order valence-corrected chi connectivity index (χ3v) is 16.2. The van der Waals surface area contributed by atoms with Gasteiger partial charge in [0.15, 0.2) is 0 Å². The molecule has 1 aliphatic heterocycles. The van der Waals surface area contributed by atoms with Crippen molar-refractivity contribution in [2.75, 3.05) is 4.90 Å². The van der Waals surface area contributed by atoms with Gasteiger partial charge in [0.2, 0.25) is 0 Å². The number of nitrogens with zero attached hydrogens (tertiary/aromatic N) is 2. The zero-order chi connectivity index (χ0) is 47.9. The average molecular weight is 923 g/mol. The van der Waals surface area contributed by atoms with E-state index in [2.05, 4.69) is 276 Å². The number of fused-ring (bicyclic) bond motifs is 7. The van der Waals surface area contributed by atoms with Crippen LogP contribution in [0, 0.1) is 0 Å². The number of para-hydroxylation sites is 4. The lowest BCUT2D eigenvalue weighted by atomic mass is 9.75. The number of aromatic nitrogens is 1. The third kappa shape index (κ3) is 7.16. The van der Waals surface area contributed by atoms with Gasteiger partial charge in [0, 0.05) is 49.8 Å². The molecule has 12 rings (SSSR count). The van der Waals surface area contributed by atoms with Crippen LogP contribution in [0.1, 0.15) is 71.1 Å². The van der Waals surface area contributed by atoms with E-state index in [0.717, 1.165) is 17.1 Å². The van der Waals surface area contributed by atoms with Crippen LogP contribution >= 0.6 is 11.8 Å². The number of anilines is 2. The van der Waals surface area contributed by atoms with Crippen LogP contribution < -0.4 is 4.90 Å². The molecule has 1 aliphatic carbocycles. The summed E-state index contributed by atoms with van der Waals surface area (Å²) in [5.74, 6) is 0.0923. The lowest BCUT2D eigenvalue weighted by Gasteiger charge is -2.48. The molecule has 9 aromatic carbocycles. The lowest BCUT2D eigenvalue weighted by molar-refractivity contribution is 0.501. The minimum Gasteiger partial charge on any atom is -0.330 e. The van der Waals surface area contributed by atoms with Gasteiger partial charge in [-0.3, -0.25) is 0 Å². The van der Waals surface area contributed by atoms with E-state index in [1.165, 1.54) is 92.4 Å². The Morgan fingerprint density at radius 1 is 0.500 bits per heavy atom. The standard InChI is InChI=1S/C67H58N2S/c1-65(2,3)46-41-45(42-47(43-46)66(4,5)6)49-31-19-23-44-24-20-32-52(62(44)49)50-27-11-16-35-57(50)69(67(7)40-22-39-61-64(67)55-30-14-18-38-60(55)70-61)58-36-17-12-28-51(58)53-33-21-37-59-63(53)54-29-13-15-34-56(54)68(59)48-25-9-8-10-26-48/h8-43,64H,1-7H3. The molecule has 0 amide bonds. The number of hydrogen-bond acceptors (Lipinski definition) is 2. The fraction of sp³-hybridized carbons (Fsp3) is 0.164. The van der Waals surface area contributed by atoms with Gasteiger partial charge in [0.1, 0.15) is 0 Å². The summed E-state index contributed by atoms with van der Waals surface area (Å²) in [6.07, 6.45) is 7.13. The van der Waals surface area contributed by atoms with Crippen LogP contribution in [0.2, 0.25) is 0 Å². The number of thioether (sulfide) groups is 1. The number of benzene rings is 9. The van der Waals surface area contributed by atoms with E-state index in [9.17, 15) is 0 Å². The van der Waals surface area contributed by atoms with Gasteiger partial charge in [-0.2, -0.15) is 0 Å². The monoisotopic (exact) mass is 922 g/mol. The second-order valence-electron chi connectivity index (χ2n) is 21.5. The van der Waals surface area contributed by atoms with Gasteiger partial charge in [-0.1, -0.05) is 229 Å². The first-order valence-corrected chi connectivity index (χ1v) is 25.6. The highest BCUT2D eigenvalue weighted by atomic mass is 32.2. The molecule has 0 saturated heterocycles. The topological polar surface area (TPSA) is 8.17 Å². The first kappa shape index (κ1) is 43.9. The number of rotatable bonds is 7. The second-order valence-corrected chi connectivity index (χ2v) is 22.6. The van der Waals surface area contributed by atoms with Crippen LogP contribution in [0.5, 0.6) is 0 Å². The zero-order valence-electron chi connectivity index (χ0n) is 41.2. The lowest BCUT2D eigenvalue weighted by Crippen LogP contribution is -2.48. The van der Waals surface area contributed by atoms with Gasteiger partial charge in [-0.15, -0.1) is 0 Å². The highest BCUT2D eigenvalue weighted by Crippen LogP contribution is 2.60. The Morgan fingerprint density at radius 2 is 1.04 bits per heavy atom. The van der Waals surface area contributed by atoms with Crippen LogP contribution in [0.3, 0.4) is 0 Å². The molecule has 2 heterocycles. The van der Waals surface area contributed by atoms with Gasteiger partial charge in [-0.05, 0) is 115 Å². The molecule has 0 fully saturated rings. The Kier molecular flexibility index (Phi) is 10.5. The fourth-order valence-electron chi connectivity index (χ4n) is 11.5. The van der Waals surface area contributed by atoms with E-state index in [-0.39, 0.29) is 16.7 Å². The molecule has 2 atom stereocenters. The van der Waals surface area contributed by atoms with Crippen molar-refractivity contribution in [3.63, 3.8) is 0 Å². The molecule has 0 bridgehead atoms. The largest absolute Gasteiger partial charge is 0.330 e. The minimum absolute atomic E-state index is 0.0158. The summed E-state index contributed by atoms with van der Waals surface area (Å²) in [6.45, 7) is 16.5. The predicted molar refractivity (Wildman–Crippen MR) is 301 cm³/mol. The van der Waals surface area contributed by atoms with Crippen molar-refractivity contribution >= 4 is 55.7 Å². The fourth-order valence-corrected chi connectivity index (χ4v) is 12.9. The quantitative estimate of drug-likeness (QED) is 0.157. The summed E-state index contributed by atoms with van der Waals surface area (Å²) in [5, 5.41) is 4.98. The van der Waals surface area contributed by atoms with Gasteiger partial charge in [0.05, 0.1) is 16.6 Å². The van der Waals surface area contributed by atoms with Crippen molar-refractivity contribution < 1.29 is 0 Å². The van der Waals surface area contributed by atoms with Crippen molar-refractivity contribution in [3.8, 4) is 39.1 Å². The summed E-state index contributed by atoms with van der Waals surface area (Å²) in [5.41, 5.74) is 16.7. The van der Waals surface area contributed by atoms with E-state index >= 15 is 0 Å². The molecule has 2 nitrogen and oxygen atoms in total. The molecule has 1 aromatic heterocycles. The Morgan fingerprint density at radius 3 is 1.73 bits per heavy atom. The van der Waals surface area contributed by atoms with E-state index in [4.69, 9.17) is 0 Å². The smallest absolute Gasteiger partial charge is 0.0723 e. The molecule has 0 spiro atoms. The van der Waals surface area contributed by atoms with Crippen LogP contribution in [-0.2, 0) is 10.8 Å². The predicted octanol–water partition coefficient (Wildman–Crippen LogP) is 18.8. The Bertz CT molecular complexity index is 3710. The maximum absolute atomic E-state index is 2.71. The van der Waals surface area contributed by atoms with Gasteiger partial charge in [-0.25, -0.2) is 0 Å². The third-order valence-electron chi connectivity index (χ3n) is 15.0. The Labute approximate surface area is 417 Å². The first-order chi connectivity index (χ1) is 33.9. The highest BCUT2D eigenvalue weighted by Gasteiger charge is 2.48. The van der Waals surface area contributed by atoms with Gasteiger partial charge < -0.3 is 9.47 Å². The van der Waals surface area contributed by atoms with Crippen molar-refractivity contribution in [2.45, 2.75) is 75.6 Å². The van der Waals surface area contributed by atoms with Crippen molar-refractivity contribution in [1.29, 1.82) is 0 Å². The maximum atomic E-state index is 2.71. The normalized spacial score (nSPS) is 16.7. The average Bonchev–Trinajstić information content (AvgIpc) is 3.93. The van der Waals surface area contributed by atoms with Gasteiger partial charge >= 0.3 is 0 Å². The Hall–Kier alpha value is -7.33. The summed E-state index contributed by atoms with van der Waals surface area (Å²) >= 11 is 1.92. The molecule has 2 unspecified atom stereocenters. The molecule has 0 radical (unpaired) electrons. The van der Waals surface area contributed by atoms with E-state index in [1.807, 2.05) is 11.8 Å². The van der Waals surface area contributed by atoms with Crippen molar-refractivity contribution in [2.24, 2.45) is 0 Å². The highest BCUT2D eigenvalue weighted by molar-refractivity contribution is 8.03. The molecular formula is C67H58N2S. The van der Waals surface area contributed by atoms with Gasteiger partial charge in [0.25, 0.3) is 0 Å². The summed E-state index contributed by atoms with van der Waals surface area (Å²) in [4.78, 5) is 5.42. The molecule has 10 aromatic rings. The van der Waals surface area contributed by atoms with Crippen LogP contribution in [0.4, 0.5) is 11.4 Å². The minimum atomic E-state index is -0.530. The summed E-state index contributed by atoms with van der Waals surface area (Å²) in [7, 11) is 0. The molecule has 70 heavy (non-hydrogen) atoms. The van der Waals surface area contributed by atoms with E-state index < -0.39 is 5.54 Å². The zero-order valence-corrected chi connectivity index (χ0v) is 42.0. The number of allylic oxidation sites excluding steroid dienone is 2. The summed E-state index contributed by atoms with van der Waals surface area (Å²) < 4.78 is 2.43. The molecule has 3 heteroatoms. The van der Waals surface area contributed by atoms with E-state index in [0.29, 0.717) is 0 Å². The maximum Gasteiger partial charge on any atom is 0.0723 e. The molecule has 342 valence electrons. The molecule has 0 N–H and O–H groups in total. The molecule has 2 aliphatic rings. The van der Waals surface area contributed by atoms with Crippen molar-refractivity contribution in [3.05, 3.63) is 240 Å². The first-order valence-electron chi connectivity index (χ1n) is 24.8. The van der Waals surface area contributed by atoms with Crippen LogP contribution in [0.15, 0.2) is 228 Å². The van der Waals surface area contributed by atoms with Crippen molar-refractivity contribution in [1.82, 2.24) is 4.57 Å². The Balaban J connectivity index is 1.15. The summed E-state index contributed by atoms with van der Waals surface area (Å²) in [6, 6.07) is 75.1. The second kappa shape index (κ2) is 16.7. The van der Waals surface area contributed by atoms with Crippen LogP contribution in [-0.4, -0.2) is 10.1 Å². The SMILES string of the molecule is CC(C)(C)c1cc(-c2cccc3cccc(-c4ccccc4N(c4ccccc4-c4cccc5c4c4ccccc4n5-c4ccccc4)C4(C)C=CC=C5Sc6ccccc6C54)c23)cc(C(C)(C)C)c1. The number of hydrogen-bond donors (Lipinski definition) is 0. The van der Waals surface area contributed by atoms with E-state index in [1.54, 1.807) is 0 Å². The molecular weight excluding hydrogens is 865 g/mol. The van der Waals surface area contributed by atoms with Crippen LogP contribution in [0.25, 0.3) is 71.6 Å².